The van der Waals surface area contributed by atoms with E-state index in [1.54, 1.807) is 12.1 Å². The van der Waals surface area contributed by atoms with Crippen LogP contribution in [0.1, 0.15) is 26.3 Å². The summed E-state index contributed by atoms with van der Waals surface area (Å²) in [5.41, 5.74) is 1.87. The van der Waals surface area contributed by atoms with Crippen LogP contribution in [0.2, 0.25) is 0 Å². The van der Waals surface area contributed by atoms with E-state index < -0.39 is 0 Å². The summed E-state index contributed by atoms with van der Waals surface area (Å²) in [5, 5.41) is 3.76. The number of carbonyl (C=O) groups is 2. The predicted octanol–water partition coefficient (Wildman–Crippen LogP) is 5.04. The summed E-state index contributed by atoms with van der Waals surface area (Å²) in [7, 11) is 0. The van der Waals surface area contributed by atoms with Crippen LogP contribution in [0, 0.1) is 0 Å². The topological polar surface area (TPSA) is 34.1 Å². The lowest BCUT2D eigenvalue weighted by Gasteiger charge is -2.08. The van der Waals surface area contributed by atoms with Crippen LogP contribution in [0.4, 0.5) is 0 Å². The average Bonchev–Trinajstić information content (AvgIpc) is 2.66. The van der Waals surface area contributed by atoms with Gasteiger partial charge in [0.05, 0.1) is 0 Å². The van der Waals surface area contributed by atoms with Gasteiger partial charge in [0, 0.05) is 16.7 Å². The molecule has 0 amide bonds. The van der Waals surface area contributed by atoms with Crippen LogP contribution in [-0.2, 0) is 0 Å². The summed E-state index contributed by atoms with van der Waals surface area (Å²) < 4.78 is 0. The minimum Gasteiger partial charge on any atom is -0.298 e. The van der Waals surface area contributed by atoms with Gasteiger partial charge < -0.3 is 0 Å². The van der Waals surface area contributed by atoms with Gasteiger partial charge in [-0.15, -0.1) is 0 Å². The summed E-state index contributed by atoms with van der Waals surface area (Å²) in [6.45, 7) is 0. The summed E-state index contributed by atoms with van der Waals surface area (Å²) in [5.74, 6) is -0.0330. The first-order chi connectivity index (χ1) is 11.8. The van der Waals surface area contributed by atoms with E-state index >= 15 is 0 Å². The molecule has 24 heavy (non-hydrogen) atoms. The number of fused-ring (bicyclic) bond motifs is 2. The van der Waals surface area contributed by atoms with E-state index in [0.29, 0.717) is 16.7 Å². The number of rotatable bonds is 3. The maximum atomic E-state index is 13.0. The first kappa shape index (κ1) is 14.3. The van der Waals surface area contributed by atoms with Crippen molar-refractivity contribution < 1.29 is 9.59 Å². The quantitative estimate of drug-likeness (QED) is 0.392. The van der Waals surface area contributed by atoms with Gasteiger partial charge in [0.1, 0.15) is 0 Å². The molecule has 0 N–H and O–H groups in total. The second-order valence-corrected chi connectivity index (χ2v) is 5.76. The van der Waals surface area contributed by atoms with Crippen LogP contribution < -0.4 is 0 Å². The molecule has 0 aliphatic heterocycles. The highest BCUT2D eigenvalue weighted by atomic mass is 16.1. The Morgan fingerprint density at radius 1 is 0.708 bits per heavy atom. The minimum atomic E-state index is -0.0330. The third-order valence-electron chi connectivity index (χ3n) is 4.34. The molecule has 0 heterocycles. The zero-order chi connectivity index (χ0) is 16.5. The zero-order valence-corrected chi connectivity index (χ0v) is 12.9. The molecule has 4 aromatic carbocycles. The van der Waals surface area contributed by atoms with Gasteiger partial charge in [-0.25, -0.2) is 0 Å². The third kappa shape index (κ3) is 2.29. The Morgan fingerprint density at radius 2 is 1.42 bits per heavy atom. The molecule has 2 nitrogen and oxygen atoms in total. The second-order valence-electron chi connectivity index (χ2n) is 5.76. The molecule has 0 bridgehead atoms. The van der Waals surface area contributed by atoms with E-state index in [0.717, 1.165) is 27.8 Å². The first-order valence-corrected chi connectivity index (χ1v) is 7.78. The van der Waals surface area contributed by atoms with Crippen LogP contribution in [-0.4, -0.2) is 12.1 Å². The van der Waals surface area contributed by atoms with Crippen molar-refractivity contribution in [1.82, 2.24) is 0 Å². The SMILES string of the molecule is O=Cc1ccc(C(=O)c2ccc3ccccc3c2)c2ccccc12. The second kappa shape index (κ2) is 5.74. The fraction of sp³-hybridized carbons (Fsp3) is 0. The van der Waals surface area contributed by atoms with Crippen LogP contribution >= 0.6 is 0 Å². The maximum absolute atomic E-state index is 13.0. The third-order valence-corrected chi connectivity index (χ3v) is 4.34. The smallest absolute Gasteiger partial charge is 0.193 e. The molecule has 4 aromatic rings. The van der Waals surface area contributed by atoms with Crippen molar-refractivity contribution in [2.24, 2.45) is 0 Å². The van der Waals surface area contributed by atoms with Crippen LogP contribution in [0.25, 0.3) is 21.5 Å². The molecule has 0 radical (unpaired) electrons. The standard InChI is InChI=1S/C22H14O2/c23-14-18-11-12-21(20-8-4-3-7-19(18)20)22(24)17-10-9-15-5-1-2-6-16(15)13-17/h1-14H. The van der Waals surface area contributed by atoms with Crippen molar-refractivity contribution in [3.8, 4) is 0 Å². The van der Waals surface area contributed by atoms with E-state index in [9.17, 15) is 9.59 Å². The molecule has 0 saturated carbocycles. The van der Waals surface area contributed by atoms with Crippen molar-refractivity contribution >= 4 is 33.6 Å². The van der Waals surface area contributed by atoms with Crippen molar-refractivity contribution in [2.45, 2.75) is 0 Å². The summed E-state index contributed by atoms with van der Waals surface area (Å²) in [4.78, 5) is 24.2. The molecule has 4 rings (SSSR count). The molecule has 0 fully saturated rings. The van der Waals surface area contributed by atoms with Crippen molar-refractivity contribution in [3.05, 3.63) is 95.6 Å². The highest BCUT2D eigenvalue weighted by Gasteiger charge is 2.14. The molecule has 0 saturated heterocycles. The Bertz CT molecular complexity index is 1090. The van der Waals surface area contributed by atoms with Gasteiger partial charge in [-0.3, -0.25) is 9.59 Å². The van der Waals surface area contributed by atoms with Gasteiger partial charge >= 0.3 is 0 Å². The van der Waals surface area contributed by atoms with Crippen LogP contribution in [0.15, 0.2) is 78.9 Å². The summed E-state index contributed by atoms with van der Waals surface area (Å²) >= 11 is 0. The molecule has 0 aliphatic rings. The number of hydrogen-bond acceptors (Lipinski definition) is 2. The summed E-state index contributed by atoms with van der Waals surface area (Å²) in [6, 6.07) is 24.7. The fourth-order valence-corrected chi connectivity index (χ4v) is 3.11. The van der Waals surface area contributed by atoms with Gasteiger partial charge in [0.25, 0.3) is 0 Å². The molecule has 0 aromatic heterocycles. The Morgan fingerprint density at radius 3 is 2.21 bits per heavy atom. The Kier molecular flexibility index (Phi) is 3.43. The molecular formula is C22H14O2. The minimum absolute atomic E-state index is 0.0330. The number of carbonyl (C=O) groups excluding carboxylic acids is 2. The van der Waals surface area contributed by atoms with Gasteiger partial charge in [-0.1, -0.05) is 66.7 Å². The Labute approximate surface area is 139 Å². The molecule has 0 spiro atoms. The van der Waals surface area contributed by atoms with E-state index in [1.807, 2.05) is 66.7 Å². The summed E-state index contributed by atoms with van der Waals surface area (Å²) in [6.07, 6.45) is 0.826. The molecule has 114 valence electrons. The number of hydrogen-bond donors (Lipinski definition) is 0. The highest BCUT2D eigenvalue weighted by Crippen LogP contribution is 2.25. The van der Waals surface area contributed by atoms with Crippen molar-refractivity contribution in [2.75, 3.05) is 0 Å². The van der Waals surface area contributed by atoms with E-state index in [2.05, 4.69) is 0 Å². The maximum Gasteiger partial charge on any atom is 0.193 e. The van der Waals surface area contributed by atoms with E-state index in [-0.39, 0.29) is 5.78 Å². The van der Waals surface area contributed by atoms with Gasteiger partial charge in [-0.2, -0.15) is 0 Å². The highest BCUT2D eigenvalue weighted by molar-refractivity contribution is 6.18. The van der Waals surface area contributed by atoms with Gasteiger partial charge in [-0.05, 0) is 33.7 Å². The Hall–Kier alpha value is -3.26. The molecule has 0 aliphatic carbocycles. The van der Waals surface area contributed by atoms with Gasteiger partial charge in [0.15, 0.2) is 12.1 Å². The normalized spacial score (nSPS) is 10.8. The number of aldehydes is 1. The van der Waals surface area contributed by atoms with E-state index in [4.69, 9.17) is 0 Å². The number of ketones is 1. The molecule has 0 unspecified atom stereocenters. The lowest BCUT2D eigenvalue weighted by atomic mass is 9.94. The fourth-order valence-electron chi connectivity index (χ4n) is 3.11. The van der Waals surface area contributed by atoms with Crippen LogP contribution in [0.5, 0.6) is 0 Å². The number of benzene rings is 4. The molecule has 2 heteroatoms. The predicted molar refractivity (Wildman–Crippen MR) is 96.7 cm³/mol. The van der Waals surface area contributed by atoms with Crippen LogP contribution in [0.3, 0.4) is 0 Å². The first-order valence-electron chi connectivity index (χ1n) is 7.78. The average molecular weight is 310 g/mol. The van der Waals surface area contributed by atoms with Gasteiger partial charge in [0.2, 0.25) is 0 Å². The largest absolute Gasteiger partial charge is 0.298 e. The zero-order valence-electron chi connectivity index (χ0n) is 12.9. The van der Waals surface area contributed by atoms with Crippen molar-refractivity contribution in [3.63, 3.8) is 0 Å². The van der Waals surface area contributed by atoms with E-state index in [1.165, 1.54) is 0 Å². The lowest BCUT2D eigenvalue weighted by Crippen LogP contribution is -2.03. The Balaban J connectivity index is 1.90. The molecular weight excluding hydrogens is 296 g/mol. The lowest BCUT2D eigenvalue weighted by molar-refractivity contribution is 0.103. The van der Waals surface area contributed by atoms with Crippen molar-refractivity contribution in [1.29, 1.82) is 0 Å². The monoisotopic (exact) mass is 310 g/mol. The molecule has 0 atom stereocenters.